The van der Waals surface area contributed by atoms with E-state index in [1.165, 1.54) is 0 Å². The van der Waals surface area contributed by atoms with Crippen molar-refractivity contribution in [3.05, 3.63) is 72.1 Å². The summed E-state index contributed by atoms with van der Waals surface area (Å²) in [4.78, 5) is 16.9. The maximum Gasteiger partial charge on any atom is 0.254 e. The van der Waals surface area contributed by atoms with Crippen molar-refractivity contribution in [3.8, 4) is 11.1 Å². The fourth-order valence-electron chi connectivity index (χ4n) is 3.77. The zero-order valence-corrected chi connectivity index (χ0v) is 18.8. The molecule has 2 heterocycles. The molecule has 0 saturated carbocycles. The van der Waals surface area contributed by atoms with E-state index in [1.807, 2.05) is 73.3 Å². The molecule has 0 spiro atoms. The summed E-state index contributed by atoms with van der Waals surface area (Å²) in [5, 5.41) is 18.9. The second-order valence-electron chi connectivity index (χ2n) is 8.07. The number of rotatable bonds is 4. The standard InChI is InChI=1S/C23H26N4O2.C2H6/c1-23(2,29)21-15-24-27(25-21)18-11-8-14-26(16-18)22(28)20-13-7-6-12-19(20)17-9-4-3-5-10-17;1-2/h3-7,9-10,12-13,15,18,29H,8,11,14,16H2,1-2H3;1-2H3. The average molecular weight is 421 g/mol. The van der Waals surface area contributed by atoms with Crippen LogP contribution in [-0.2, 0) is 5.60 Å². The van der Waals surface area contributed by atoms with Crippen molar-refractivity contribution in [1.29, 1.82) is 0 Å². The molecule has 1 aromatic heterocycles. The van der Waals surface area contributed by atoms with Gasteiger partial charge in [-0.05, 0) is 43.9 Å². The zero-order valence-electron chi connectivity index (χ0n) is 18.8. The second-order valence-corrected chi connectivity index (χ2v) is 8.07. The maximum atomic E-state index is 13.4. The van der Waals surface area contributed by atoms with E-state index in [2.05, 4.69) is 10.2 Å². The lowest BCUT2D eigenvalue weighted by Crippen LogP contribution is -2.41. The van der Waals surface area contributed by atoms with Gasteiger partial charge in [-0.15, -0.1) is 0 Å². The number of benzene rings is 2. The zero-order chi connectivity index (χ0) is 22.4. The van der Waals surface area contributed by atoms with E-state index < -0.39 is 5.60 Å². The Hall–Kier alpha value is -2.99. The van der Waals surface area contributed by atoms with Crippen molar-refractivity contribution in [1.82, 2.24) is 19.9 Å². The highest BCUT2D eigenvalue weighted by molar-refractivity contribution is 6.00. The van der Waals surface area contributed by atoms with E-state index in [0.717, 1.165) is 30.5 Å². The Labute approximate surface area is 184 Å². The molecule has 1 fully saturated rings. The lowest BCUT2D eigenvalue weighted by Gasteiger charge is -2.32. The van der Waals surface area contributed by atoms with Crippen molar-refractivity contribution in [2.24, 2.45) is 0 Å². The maximum absolute atomic E-state index is 13.4. The van der Waals surface area contributed by atoms with Crippen molar-refractivity contribution in [3.63, 3.8) is 0 Å². The van der Waals surface area contributed by atoms with Gasteiger partial charge in [0.05, 0.1) is 12.2 Å². The number of hydrogen-bond acceptors (Lipinski definition) is 4. The minimum Gasteiger partial charge on any atom is -0.384 e. The van der Waals surface area contributed by atoms with Crippen LogP contribution in [0.4, 0.5) is 0 Å². The van der Waals surface area contributed by atoms with Crippen LogP contribution in [0.5, 0.6) is 0 Å². The minimum absolute atomic E-state index is 0.00712. The smallest absolute Gasteiger partial charge is 0.254 e. The third kappa shape index (κ3) is 5.20. The topological polar surface area (TPSA) is 71.2 Å². The van der Waals surface area contributed by atoms with Gasteiger partial charge in [0.2, 0.25) is 0 Å². The van der Waals surface area contributed by atoms with E-state index in [4.69, 9.17) is 0 Å². The van der Waals surface area contributed by atoms with Gasteiger partial charge in [-0.3, -0.25) is 4.79 Å². The molecule has 164 valence electrons. The van der Waals surface area contributed by atoms with Crippen molar-refractivity contribution in [2.45, 2.75) is 52.2 Å². The lowest BCUT2D eigenvalue weighted by molar-refractivity contribution is 0.0641. The number of nitrogens with zero attached hydrogens (tertiary/aromatic N) is 4. The van der Waals surface area contributed by atoms with Gasteiger partial charge in [0.15, 0.2) is 0 Å². The number of piperidine rings is 1. The first-order chi connectivity index (χ1) is 14.9. The number of likely N-dealkylation sites (tertiary alicyclic amines) is 1. The van der Waals surface area contributed by atoms with Gasteiger partial charge in [-0.25, -0.2) is 0 Å². The first-order valence-corrected chi connectivity index (χ1v) is 11.0. The summed E-state index contributed by atoms with van der Waals surface area (Å²) in [6.45, 7) is 8.66. The molecule has 2 aromatic carbocycles. The Morgan fingerprint density at radius 2 is 1.74 bits per heavy atom. The third-order valence-electron chi connectivity index (χ3n) is 5.39. The van der Waals surface area contributed by atoms with Crippen LogP contribution in [-0.4, -0.2) is 44.0 Å². The molecule has 4 rings (SSSR count). The summed E-state index contributed by atoms with van der Waals surface area (Å²) in [5.74, 6) is 0.0315. The third-order valence-corrected chi connectivity index (χ3v) is 5.39. The Morgan fingerprint density at radius 1 is 1.06 bits per heavy atom. The average Bonchev–Trinajstić information content (AvgIpc) is 3.32. The number of carbonyl (C=O) groups excluding carboxylic acids is 1. The van der Waals surface area contributed by atoms with Gasteiger partial charge in [-0.2, -0.15) is 15.0 Å². The van der Waals surface area contributed by atoms with Crippen LogP contribution in [0.3, 0.4) is 0 Å². The fraction of sp³-hybridized carbons (Fsp3) is 0.400. The fourth-order valence-corrected chi connectivity index (χ4v) is 3.77. The first-order valence-electron chi connectivity index (χ1n) is 11.0. The number of hydrogen-bond donors (Lipinski definition) is 1. The number of carbonyl (C=O) groups is 1. The van der Waals surface area contributed by atoms with Crippen LogP contribution >= 0.6 is 0 Å². The van der Waals surface area contributed by atoms with E-state index in [9.17, 15) is 9.90 Å². The Morgan fingerprint density at radius 3 is 2.42 bits per heavy atom. The molecule has 1 saturated heterocycles. The summed E-state index contributed by atoms with van der Waals surface area (Å²) in [6, 6.07) is 17.8. The van der Waals surface area contributed by atoms with Gasteiger partial charge in [0.25, 0.3) is 5.91 Å². The molecule has 6 nitrogen and oxygen atoms in total. The van der Waals surface area contributed by atoms with E-state index in [1.54, 1.807) is 24.8 Å². The van der Waals surface area contributed by atoms with Gasteiger partial charge in [0, 0.05) is 18.7 Å². The number of aliphatic hydroxyl groups is 1. The van der Waals surface area contributed by atoms with Crippen LogP contribution in [0.15, 0.2) is 60.8 Å². The van der Waals surface area contributed by atoms with Crippen LogP contribution in [0.1, 0.15) is 62.6 Å². The molecule has 1 aliphatic heterocycles. The summed E-state index contributed by atoms with van der Waals surface area (Å²) >= 11 is 0. The van der Waals surface area contributed by atoms with Crippen molar-refractivity contribution >= 4 is 5.91 Å². The predicted molar refractivity (Wildman–Crippen MR) is 123 cm³/mol. The molecule has 1 unspecified atom stereocenters. The molecule has 0 bridgehead atoms. The monoisotopic (exact) mass is 420 g/mol. The van der Waals surface area contributed by atoms with Crippen LogP contribution in [0, 0.1) is 0 Å². The van der Waals surface area contributed by atoms with Crippen molar-refractivity contribution in [2.75, 3.05) is 13.1 Å². The lowest BCUT2D eigenvalue weighted by atomic mass is 9.97. The highest BCUT2D eigenvalue weighted by Crippen LogP contribution is 2.28. The predicted octanol–water partition coefficient (Wildman–Crippen LogP) is 4.68. The number of aromatic nitrogens is 3. The van der Waals surface area contributed by atoms with Crippen molar-refractivity contribution < 1.29 is 9.90 Å². The van der Waals surface area contributed by atoms with Gasteiger partial charge in [-0.1, -0.05) is 62.4 Å². The number of amides is 1. The van der Waals surface area contributed by atoms with Crippen LogP contribution in [0.25, 0.3) is 11.1 Å². The Kier molecular flexibility index (Phi) is 7.23. The molecule has 0 aliphatic carbocycles. The van der Waals surface area contributed by atoms with Gasteiger partial charge >= 0.3 is 0 Å². The molecule has 31 heavy (non-hydrogen) atoms. The largest absolute Gasteiger partial charge is 0.384 e. The molecular formula is C25H32N4O2. The summed E-state index contributed by atoms with van der Waals surface area (Å²) in [5.41, 5.74) is 2.20. The SMILES string of the molecule is CC.CC(C)(O)c1cnn(C2CCCN(C(=O)c3ccccc3-c3ccccc3)C2)n1. The van der Waals surface area contributed by atoms with E-state index >= 15 is 0 Å². The summed E-state index contributed by atoms with van der Waals surface area (Å²) in [6.07, 6.45) is 3.40. The molecule has 0 radical (unpaired) electrons. The molecular weight excluding hydrogens is 388 g/mol. The minimum atomic E-state index is -1.03. The van der Waals surface area contributed by atoms with E-state index in [-0.39, 0.29) is 11.9 Å². The molecule has 1 atom stereocenters. The quantitative estimate of drug-likeness (QED) is 0.665. The van der Waals surface area contributed by atoms with Crippen LogP contribution < -0.4 is 0 Å². The molecule has 1 N–H and O–H groups in total. The summed E-state index contributed by atoms with van der Waals surface area (Å²) in [7, 11) is 0. The molecule has 6 heteroatoms. The molecule has 1 amide bonds. The van der Waals surface area contributed by atoms with Gasteiger partial charge < -0.3 is 10.0 Å². The van der Waals surface area contributed by atoms with E-state index in [0.29, 0.717) is 17.8 Å². The highest BCUT2D eigenvalue weighted by Gasteiger charge is 2.29. The molecule has 1 aliphatic rings. The van der Waals surface area contributed by atoms with Crippen LogP contribution in [0.2, 0.25) is 0 Å². The first kappa shape index (κ1) is 22.7. The summed E-state index contributed by atoms with van der Waals surface area (Å²) < 4.78 is 0. The van der Waals surface area contributed by atoms with Gasteiger partial charge in [0.1, 0.15) is 11.3 Å². The second kappa shape index (κ2) is 9.88. The Bertz CT molecular complexity index is 992. The normalized spacial score (nSPS) is 16.4. The Balaban J connectivity index is 0.00000132. The molecule has 3 aromatic rings. The highest BCUT2D eigenvalue weighted by atomic mass is 16.3.